The minimum Gasteiger partial charge on any atom is -0.443 e. The summed E-state index contributed by atoms with van der Waals surface area (Å²) in [5, 5.41) is 13.3. The van der Waals surface area contributed by atoms with Crippen LogP contribution in [0.1, 0.15) is 65.3 Å². The van der Waals surface area contributed by atoms with E-state index in [2.05, 4.69) is 67.1 Å². The molecule has 1 aromatic carbocycles. The number of hydrogen-bond acceptors (Lipinski definition) is 9. The number of ether oxygens (including phenoxy) is 1. The van der Waals surface area contributed by atoms with E-state index in [1.807, 2.05) is 33.8 Å². The summed E-state index contributed by atoms with van der Waals surface area (Å²) in [5.41, 5.74) is 2.53. The Morgan fingerprint density at radius 1 is 1.22 bits per heavy atom. The molecule has 11 heteroatoms. The van der Waals surface area contributed by atoms with Crippen molar-refractivity contribution in [1.82, 2.24) is 15.0 Å². The van der Waals surface area contributed by atoms with Gasteiger partial charge in [-0.2, -0.15) is 10.2 Å². The molecule has 1 aliphatic rings. The van der Waals surface area contributed by atoms with Gasteiger partial charge in [0.1, 0.15) is 17.9 Å². The minimum atomic E-state index is -2.11. The summed E-state index contributed by atoms with van der Waals surface area (Å²) in [6.07, 6.45) is 2.68. The third-order valence-corrected chi connectivity index (χ3v) is 12.1. The molecule has 2 aromatic heterocycles. The summed E-state index contributed by atoms with van der Waals surface area (Å²) in [6.45, 7) is 21.1. The van der Waals surface area contributed by atoms with Crippen LogP contribution in [0, 0.1) is 18.3 Å². The highest BCUT2D eigenvalue weighted by Crippen LogP contribution is 2.47. The van der Waals surface area contributed by atoms with Gasteiger partial charge in [-0.3, -0.25) is 10.2 Å². The van der Waals surface area contributed by atoms with Crippen LogP contribution >= 0.6 is 0 Å². The first-order valence-corrected chi connectivity index (χ1v) is 16.6. The average Bonchev–Trinajstić information content (AvgIpc) is 3.41. The average molecular weight is 577 g/mol. The molecule has 10 nitrogen and oxygen atoms in total. The number of aromatic nitrogens is 3. The number of nitrogens with one attached hydrogen (secondary N) is 1. The first kappa shape index (κ1) is 30.2. The van der Waals surface area contributed by atoms with Crippen molar-refractivity contribution in [3.63, 3.8) is 0 Å². The quantitative estimate of drug-likeness (QED) is 0.306. The Balaban J connectivity index is 1.79. The Morgan fingerprint density at radius 3 is 2.51 bits per heavy atom. The van der Waals surface area contributed by atoms with Gasteiger partial charge in [-0.1, -0.05) is 27.7 Å². The van der Waals surface area contributed by atoms with E-state index in [0.717, 1.165) is 16.8 Å². The zero-order valence-corrected chi connectivity index (χ0v) is 26.7. The van der Waals surface area contributed by atoms with E-state index in [4.69, 9.17) is 13.6 Å². The lowest BCUT2D eigenvalue weighted by molar-refractivity contribution is 0.0575. The predicted molar refractivity (Wildman–Crippen MR) is 161 cm³/mol. The zero-order chi connectivity index (χ0) is 30.4. The van der Waals surface area contributed by atoms with Crippen LogP contribution in [0.15, 0.2) is 35.1 Å². The number of nitriles is 1. The molecule has 1 atom stereocenters. The SMILES string of the molecule is Cc1coc(Nc2nccc(-c3cc(C#N)c4c(c3)[C@@](C)(CO[Si](C)(C)C(C)(C)C)CN4C(=O)OC(C)(C)C)n2)n1. The van der Waals surface area contributed by atoms with Crippen LogP contribution in [0.25, 0.3) is 11.3 Å². The normalized spacial score (nSPS) is 17.2. The Labute approximate surface area is 243 Å². The topological polar surface area (TPSA) is 126 Å². The largest absolute Gasteiger partial charge is 0.443 e. The molecule has 3 aromatic rings. The standard InChI is InChI=1S/C30H40N6O4Si/c1-19-16-38-26(33-19)35-25-32-12-11-23(34-25)20-13-21(15-31)24-22(14-20)30(8,18-39-41(9,10)29(5,6)7)17-36(24)27(37)40-28(2,3)4/h11-14,16H,17-18H2,1-10H3,(H,32,33,34,35)/t30-/m1/s1. The maximum Gasteiger partial charge on any atom is 0.414 e. The lowest BCUT2D eigenvalue weighted by Crippen LogP contribution is -2.46. The highest BCUT2D eigenvalue weighted by molar-refractivity contribution is 6.74. The van der Waals surface area contributed by atoms with Crippen LogP contribution in [-0.4, -0.2) is 48.1 Å². The Bertz CT molecular complexity index is 1500. The van der Waals surface area contributed by atoms with Gasteiger partial charge in [0, 0.05) is 30.3 Å². The number of fused-ring (bicyclic) bond motifs is 1. The summed E-state index contributed by atoms with van der Waals surface area (Å²) in [6, 6.07) is 8.12. The van der Waals surface area contributed by atoms with Crippen molar-refractivity contribution in [3.8, 4) is 17.3 Å². The fraction of sp³-hybridized carbons (Fsp3) is 0.500. The highest BCUT2D eigenvalue weighted by Gasteiger charge is 2.47. The number of oxazole rings is 1. The summed E-state index contributed by atoms with van der Waals surface area (Å²) < 4.78 is 17.8. The molecule has 1 aliphatic heterocycles. The maximum atomic E-state index is 13.4. The van der Waals surface area contributed by atoms with E-state index in [1.165, 1.54) is 6.26 Å². The fourth-order valence-electron chi connectivity index (χ4n) is 4.37. The van der Waals surface area contributed by atoms with Gasteiger partial charge in [-0.25, -0.2) is 14.8 Å². The number of rotatable bonds is 6. The predicted octanol–water partition coefficient (Wildman–Crippen LogP) is 7.09. The van der Waals surface area contributed by atoms with Crippen LogP contribution in [0.3, 0.4) is 0 Å². The first-order chi connectivity index (χ1) is 18.9. The van der Waals surface area contributed by atoms with Crippen molar-refractivity contribution < 1.29 is 18.4 Å². The number of amides is 1. The lowest BCUT2D eigenvalue weighted by atomic mass is 9.83. The number of anilines is 3. The van der Waals surface area contributed by atoms with Gasteiger partial charge in [0.25, 0.3) is 0 Å². The molecule has 41 heavy (non-hydrogen) atoms. The monoisotopic (exact) mass is 576 g/mol. The van der Waals surface area contributed by atoms with Crippen molar-refractivity contribution in [2.45, 2.75) is 84.5 Å². The van der Waals surface area contributed by atoms with Crippen LogP contribution in [0.2, 0.25) is 18.1 Å². The highest BCUT2D eigenvalue weighted by atomic mass is 28.4. The first-order valence-electron chi connectivity index (χ1n) is 13.7. The van der Waals surface area contributed by atoms with Gasteiger partial charge < -0.3 is 13.6 Å². The van der Waals surface area contributed by atoms with Crippen molar-refractivity contribution >= 4 is 32.1 Å². The summed E-state index contributed by atoms with van der Waals surface area (Å²) in [4.78, 5) is 28.2. The van der Waals surface area contributed by atoms with E-state index >= 15 is 0 Å². The van der Waals surface area contributed by atoms with Crippen LogP contribution < -0.4 is 10.2 Å². The van der Waals surface area contributed by atoms with E-state index in [0.29, 0.717) is 36.0 Å². The molecule has 0 aliphatic carbocycles. The van der Waals surface area contributed by atoms with Crippen molar-refractivity contribution in [3.05, 3.63) is 47.5 Å². The molecule has 4 rings (SSSR count). The van der Waals surface area contributed by atoms with Gasteiger partial charge in [-0.15, -0.1) is 0 Å². The van der Waals surface area contributed by atoms with E-state index in [9.17, 15) is 10.1 Å². The summed E-state index contributed by atoms with van der Waals surface area (Å²) in [5.74, 6) is 0.308. The number of hydrogen-bond donors (Lipinski definition) is 1. The molecule has 0 bridgehead atoms. The molecular weight excluding hydrogens is 536 g/mol. The second-order valence-corrected chi connectivity index (χ2v) is 18.2. The van der Waals surface area contributed by atoms with Gasteiger partial charge >= 0.3 is 12.1 Å². The Morgan fingerprint density at radius 2 is 1.93 bits per heavy atom. The molecule has 0 fully saturated rings. The van der Waals surface area contributed by atoms with E-state index < -0.39 is 25.4 Å². The number of aryl methyl sites for hydroxylation is 1. The zero-order valence-electron chi connectivity index (χ0n) is 25.7. The lowest BCUT2D eigenvalue weighted by Gasteiger charge is -2.39. The second-order valence-electron chi connectivity index (χ2n) is 13.4. The summed E-state index contributed by atoms with van der Waals surface area (Å²) >= 11 is 0. The second kappa shape index (κ2) is 10.6. The smallest absolute Gasteiger partial charge is 0.414 e. The minimum absolute atomic E-state index is 0.0149. The maximum absolute atomic E-state index is 13.4. The molecule has 0 saturated heterocycles. The van der Waals surface area contributed by atoms with Gasteiger partial charge in [-0.05, 0) is 69.6 Å². The van der Waals surface area contributed by atoms with Gasteiger partial charge in [0.2, 0.25) is 5.95 Å². The van der Waals surface area contributed by atoms with E-state index in [1.54, 1.807) is 23.2 Å². The number of benzene rings is 1. The van der Waals surface area contributed by atoms with Gasteiger partial charge in [0.05, 0.1) is 22.6 Å². The number of carbonyl (C=O) groups is 1. The fourth-order valence-corrected chi connectivity index (χ4v) is 5.48. The summed E-state index contributed by atoms with van der Waals surface area (Å²) in [7, 11) is -2.11. The van der Waals surface area contributed by atoms with Crippen LogP contribution in [0.5, 0.6) is 0 Å². The molecule has 1 N–H and O–H groups in total. The van der Waals surface area contributed by atoms with E-state index in [-0.39, 0.29) is 11.1 Å². The van der Waals surface area contributed by atoms with Crippen molar-refractivity contribution in [2.75, 3.05) is 23.4 Å². The Kier molecular flexibility index (Phi) is 7.79. The molecule has 218 valence electrons. The molecule has 0 saturated carbocycles. The van der Waals surface area contributed by atoms with Crippen LogP contribution in [0.4, 0.5) is 22.4 Å². The molecule has 3 heterocycles. The number of carbonyl (C=O) groups excluding carboxylic acids is 1. The third kappa shape index (κ3) is 6.44. The van der Waals surface area contributed by atoms with Crippen molar-refractivity contribution in [2.24, 2.45) is 0 Å². The number of nitrogens with zero attached hydrogens (tertiary/aromatic N) is 5. The Hall–Kier alpha value is -3.75. The van der Waals surface area contributed by atoms with Crippen LogP contribution in [-0.2, 0) is 14.6 Å². The molecular formula is C30H40N6O4Si. The molecule has 0 radical (unpaired) electrons. The molecule has 0 spiro atoms. The molecule has 0 unspecified atom stereocenters. The van der Waals surface area contributed by atoms with Gasteiger partial charge in [0.15, 0.2) is 8.32 Å². The van der Waals surface area contributed by atoms with Crippen molar-refractivity contribution in [1.29, 1.82) is 5.26 Å². The third-order valence-electron chi connectivity index (χ3n) is 7.62. The molecule has 1 amide bonds.